The zero-order chi connectivity index (χ0) is 26.4. The van der Waals surface area contributed by atoms with Gasteiger partial charge >= 0.3 is 0 Å². The predicted molar refractivity (Wildman–Crippen MR) is 147 cm³/mol. The molecule has 0 unspecified atom stereocenters. The first-order chi connectivity index (χ1) is 16.8. The zero-order valence-electron chi connectivity index (χ0n) is 22.5. The Morgan fingerprint density at radius 2 is 1.33 bits per heavy atom. The van der Waals surface area contributed by atoms with E-state index in [9.17, 15) is 9.50 Å². The van der Waals surface area contributed by atoms with Gasteiger partial charge < -0.3 is 10.0 Å². The molecule has 0 amide bonds. The van der Waals surface area contributed by atoms with Gasteiger partial charge in [0, 0.05) is 35.5 Å². The normalized spacial score (nSPS) is 12.1. The third kappa shape index (κ3) is 5.01. The summed E-state index contributed by atoms with van der Waals surface area (Å²) < 4.78 is 15.5. The molecule has 36 heavy (non-hydrogen) atoms. The number of halogens is 1. The lowest BCUT2D eigenvalue weighted by molar-refractivity contribution is 0.423. The first-order valence-corrected chi connectivity index (χ1v) is 12.3. The molecule has 0 fully saturated rings. The number of aromatic nitrogens is 2. The van der Waals surface area contributed by atoms with Crippen LogP contribution in [-0.4, -0.2) is 21.9 Å². The van der Waals surface area contributed by atoms with Gasteiger partial charge in [-0.2, -0.15) is 0 Å². The Morgan fingerprint density at radius 1 is 0.806 bits per heavy atom. The third-order valence-electron chi connectivity index (χ3n) is 6.56. The highest BCUT2D eigenvalue weighted by Crippen LogP contribution is 2.43. The van der Waals surface area contributed by atoms with Gasteiger partial charge in [-0.15, -0.1) is 5.10 Å². The molecule has 1 aromatic heterocycles. The van der Waals surface area contributed by atoms with Crippen LogP contribution < -0.4 is 4.90 Å². The van der Waals surface area contributed by atoms with Crippen LogP contribution >= 0.6 is 0 Å². The fourth-order valence-electron chi connectivity index (χ4n) is 4.33. The van der Waals surface area contributed by atoms with E-state index in [1.807, 2.05) is 28.8 Å². The maximum absolute atomic E-state index is 13.7. The number of nitrogens with zero attached hydrogens (tertiary/aromatic N) is 3. The van der Waals surface area contributed by atoms with E-state index in [-0.39, 0.29) is 16.6 Å². The molecule has 0 saturated carbocycles. The largest absolute Gasteiger partial charge is 0.507 e. The highest BCUT2D eigenvalue weighted by atomic mass is 19.1. The molecule has 0 aliphatic rings. The summed E-state index contributed by atoms with van der Waals surface area (Å²) in [5.41, 5.74) is 6.16. The minimum absolute atomic E-state index is 0.235. The molecule has 0 radical (unpaired) electrons. The van der Waals surface area contributed by atoms with Crippen LogP contribution in [0.4, 0.5) is 15.9 Å². The van der Waals surface area contributed by atoms with Gasteiger partial charge in [0.15, 0.2) is 5.82 Å². The van der Waals surface area contributed by atoms with E-state index < -0.39 is 0 Å². The van der Waals surface area contributed by atoms with E-state index in [4.69, 9.17) is 5.10 Å². The van der Waals surface area contributed by atoms with Crippen LogP contribution in [0.2, 0.25) is 0 Å². The predicted octanol–water partition coefficient (Wildman–Crippen LogP) is 8.06. The summed E-state index contributed by atoms with van der Waals surface area (Å²) in [5, 5.41) is 16.1. The Morgan fingerprint density at radius 3 is 1.83 bits per heavy atom. The second-order valence-corrected chi connectivity index (χ2v) is 11.6. The summed E-state index contributed by atoms with van der Waals surface area (Å²) >= 11 is 0. The number of aryl methyl sites for hydroxylation is 1. The van der Waals surface area contributed by atoms with Gasteiger partial charge in [0.1, 0.15) is 11.6 Å². The number of anilines is 2. The second-order valence-electron chi connectivity index (χ2n) is 11.6. The average molecular weight is 486 g/mol. The van der Waals surface area contributed by atoms with Crippen LogP contribution in [0.1, 0.15) is 58.2 Å². The number of phenols is 1. The quantitative estimate of drug-likeness (QED) is 0.318. The standard InChI is InChI=1S/C31H36FN3O/c1-20-9-11-21(12-10-20)27-19-28(33-35(27)23-15-13-22(32)14-16-23)34(8)24-17-25(30(2,3)4)29(36)26(18-24)31(5,6)7/h9-19,36H,1-8H3. The number of hydrogen-bond acceptors (Lipinski definition) is 3. The van der Waals surface area contributed by atoms with Crippen molar-refractivity contribution in [3.63, 3.8) is 0 Å². The highest BCUT2D eigenvalue weighted by molar-refractivity contribution is 5.71. The lowest BCUT2D eigenvalue weighted by Gasteiger charge is -2.30. The summed E-state index contributed by atoms with van der Waals surface area (Å²) in [6.45, 7) is 14.7. The molecule has 0 aliphatic carbocycles. The third-order valence-corrected chi connectivity index (χ3v) is 6.56. The van der Waals surface area contributed by atoms with E-state index in [2.05, 4.69) is 78.8 Å². The lowest BCUT2D eigenvalue weighted by atomic mass is 9.79. The van der Waals surface area contributed by atoms with Crippen molar-refractivity contribution in [2.75, 3.05) is 11.9 Å². The molecule has 5 heteroatoms. The van der Waals surface area contributed by atoms with Crippen LogP contribution in [0.25, 0.3) is 16.9 Å². The average Bonchev–Trinajstić information content (AvgIpc) is 3.23. The van der Waals surface area contributed by atoms with E-state index >= 15 is 0 Å². The summed E-state index contributed by atoms with van der Waals surface area (Å²) in [6.07, 6.45) is 0. The number of benzene rings is 3. The van der Waals surface area contributed by atoms with Crippen molar-refractivity contribution < 1.29 is 9.50 Å². The van der Waals surface area contributed by atoms with E-state index in [1.54, 1.807) is 12.1 Å². The van der Waals surface area contributed by atoms with E-state index in [1.165, 1.54) is 17.7 Å². The van der Waals surface area contributed by atoms with Gasteiger partial charge in [0.2, 0.25) is 0 Å². The van der Waals surface area contributed by atoms with Gasteiger partial charge in [-0.3, -0.25) is 0 Å². The van der Waals surface area contributed by atoms with E-state index in [0.29, 0.717) is 5.75 Å². The van der Waals surface area contributed by atoms with E-state index in [0.717, 1.165) is 39.6 Å². The fraction of sp³-hybridized carbons (Fsp3) is 0.323. The molecule has 0 bridgehead atoms. The molecule has 0 spiro atoms. The van der Waals surface area contributed by atoms with Crippen molar-refractivity contribution in [2.24, 2.45) is 0 Å². The molecule has 4 aromatic rings. The van der Waals surface area contributed by atoms with Crippen molar-refractivity contribution in [2.45, 2.75) is 59.3 Å². The molecule has 3 aromatic carbocycles. The molecule has 0 atom stereocenters. The summed E-state index contributed by atoms with van der Waals surface area (Å²) in [4.78, 5) is 2.04. The number of rotatable bonds is 4. The SMILES string of the molecule is Cc1ccc(-c2cc(N(C)c3cc(C(C)(C)C)c(O)c(C(C)(C)C)c3)nn2-c2ccc(F)cc2)cc1. The number of aromatic hydroxyl groups is 1. The van der Waals surface area contributed by atoms with Crippen molar-refractivity contribution in [1.29, 1.82) is 0 Å². The Kier molecular flexibility index (Phi) is 6.46. The minimum Gasteiger partial charge on any atom is -0.507 e. The Bertz CT molecular complexity index is 1270. The number of phenolic OH excluding ortho intramolecular Hbond substituents is 1. The van der Waals surface area contributed by atoms with Crippen LogP contribution in [0, 0.1) is 12.7 Å². The summed E-state index contributed by atoms with van der Waals surface area (Å²) in [6, 6.07) is 20.8. The van der Waals surface area contributed by atoms with Gasteiger partial charge in [-0.1, -0.05) is 71.4 Å². The number of hydrogen-bond donors (Lipinski definition) is 1. The molecule has 4 rings (SSSR count). The molecular formula is C31H36FN3O. The van der Waals surface area contributed by atoms with Gasteiger partial charge in [0.25, 0.3) is 0 Å². The molecule has 1 heterocycles. The van der Waals surface area contributed by atoms with Gasteiger partial charge in [-0.05, 0) is 54.2 Å². The molecule has 1 N–H and O–H groups in total. The first-order valence-electron chi connectivity index (χ1n) is 12.3. The van der Waals surface area contributed by atoms with Crippen LogP contribution in [0.5, 0.6) is 5.75 Å². The molecule has 4 nitrogen and oxygen atoms in total. The fourth-order valence-corrected chi connectivity index (χ4v) is 4.33. The maximum Gasteiger partial charge on any atom is 0.155 e. The summed E-state index contributed by atoms with van der Waals surface area (Å²) in [7, 11) is 1.99. The van der Waals surface area contributed by atoms with Gasteiger partial charge in [-0.25, -0.2) is 9.07 Å². The molecular weight excluding hydrogens is 449 g/mol. The first kappa shape index (κ1) is 25.5. The maximum atomic E-state index is 13.7. The molecule has 0 aliphatic heterocycles. The van der Waals surface area contributed by atoms with Gasteiger partial charge in [0.05, 0.1) is 11.4 Å². The second kappa shape index (κ2) is 9.12. The molecule has 188 valence electrons. The van der Waals surface area contributed by atoms with Crippen LogP contribution in [0.3, 0.4) is 0 Å². The topological polar surface area (TPSA) is 41.3 Å². The molecule has 0 saturated heterocycles. The summed E-state index contributed by atoms with van der Waals surface area (Å²) in [5.74, 6) is 0.818. The lowest BCUT2D eigenvalue weighted by Crippen LogP contribution is -2.20. The Hall–Kier alpha value is -3.60. The highest BCUT2D eigenvalue weighted by Gasteiger charge is 2.28. The zero-order valence-corrected chi connectivity index (χ0v) is 22.5. The monoisotopic (exact) mass is 485 g/mol. The van der Waals surface area contributed by atoms with Crippen LogP contribution in [-0.2, 0) is 10.8 Å². The van der Waals surface area contributed by atoms with Crippen molar-refractivity contribution in [3.05, 3.63) is 89.2 Å². The van der Waals surface area contributed by atoms with Crippen molar-refractivity contribution >= 4 is 11.5 Å². The Balaban J connectivity index is 1.89. The van der Waals surface area contributed by atoms with Crippen molar-refractivity contribution in [1.82, 2.24) is 9.78 Å². The van der Waals surface area contributed by atoms with Crippen LogP contribution in [0.15, 0.2) is 66.7 Å². The van der Waals surface area contributed by atoms with Crippen molar-refractivity contribution in [3.8, 4) is 22.7 Å². The minimum atomic E-state index is -0.284. The Labute approximate surface area is 214 Å². The smallest absolute Gasteiger partial charge is 0.155 e.